The van der Waals surface area contributed by atoms with E-state index in [0.29, 0.717) is 0 Å². The first kappa shape index (κ1) is 11.4. The van der Waals surface area contributed by atoms with Gasteiger partial charge in [-0.25, -0.2) is 0 Å². The van der Waals surface area contributed by atoms with Crippen LogP contribution in [0.15, 0.2) is 28.9 Å². The monoisotopic (exact) mass is 235 g/mol. The third kappa shape index (κ3) is 2.54. The molecule has 0 spiro atoms. The highest BCUT2D eigenvalue weighted by molar-refractivity contribution is 7.12. The summed E-state index contributed by atoms with van der Waals surface area (Å²) in [6.45, 7) is 7.35. The topological polar surface area (TPSA) is 25.2 Å². The molecule has 1 unspecified atom stereocenters. The summed E-state index contributed by atoms with van der Waals surface area (Å²) in [7, 11) is 0. The first-order valence-corrected chi connectivity index (χ1v) is 6.31. The van der Waals surface area contributed by atoms with Crippen LogP contribution in [0.4, 0.5) is 0 Å². The minimum absolute atomic E-state index is 0.262. The molecular formula is C13H17NOS. The number of hydrogen-bond acceptors (Lipinski definition) is 3. The Hall–Kier alpha value is -1.06. The lowest BCUT2D eigenvalue weighted by molar-refractivity contribution is 0.431. The van der Waals surface area contributed by atoms with Crippen LogP contribution in [-0.4, -0.2) is 0 Å². The van der Waals surface area contributed by atoms with E-state index < -0.39 is 0 Å². The summed E-state index contributed by atoms with van der Waals surface area (Å²) < 4.78 is 5.35. The van der Waals surface area contributed by atoms with Gasteiger partial charge in [-0.2, -0.15) is 0 Å². The summed E-state index contributed by atoms with van der Waals surface area (Å²) in [4.78, 5) is 2.79. The molecule has 1 N–H and O–H groups in total. The van der Waals surface area contributed by atoms with Gasteiger partial charge in [0.25, 0.3) is 0 Å². The number of nitrogens with one attached hydrogen (secondary N) is 1. The van der Waals surface area contributed by atoms with E-state index in [9.17, 15) is 0 Å². The molecule has 2 nitrogen and oxygen atoms in total. The Morgan fingerprint density at radius 3 is 2.81 bits per heavy atom. The lowest BCUT2D eigenvalue weighted by Gasteiger charge is -2.09. The largest absolute Gasteiger partial charge is 0.468 e. The number of aryl methyl sites for hydroxylation is 2. The van der Waals surface area contributed by atoms with Crippen molar-refractivity contribution in [1.29, 1.82) is 0 Å². The van der Waals surface area contributed by atoms with E-state index in [1.165, 1.54) is 15.3 Å². The number of furan rings is 1. The van der Waals surface area contributed by atoms with E-state index in [0.717, 1.165) is 12.3 Å². The standard InChI is InChI=1S/C13H17NOS/c1-9-7-12(16-11(9)3)8-14-10(2)13-5-4-6-15-13/h4-7,10,14H,8H2,1-3H3. The smallest absolute Gasteiger partial charge is 0.120 e. The van der Waals surface area contributed by atoms with E-state index in [2.05, 4.69) is 32.2 Å². The number of thiophene rings is 1. The van der Waals surface area contributed by atoms with Crippen molar-refractivity contribution >= 4 is 11.3 Å². The number of hydrogen-bond donors (Lipinski definition) is 1. The second-order valence-electron chi connectivity index (χ2n) is 4.07. The maximum absolute atomic E-state index is 5.35. The predicted octanol–water partition coefficient (Wildman–Crippen LogP) is 3.81. The zero-order valence-corrected chi connectivity index (χ0v) is 10.7. The van der Waals surface area contributed by atoms with Gasteiger partial charge in [0.1, 0.15) is 5.76 Å². The highest BCUT2D eigenvalue weighted by Gasteiger charge is 2.08. The Labute approximate surface area is 100 Å². The summed E-state index contributed by atoms with van der Waals surface area (Å²) in [5, 5.41) is 3.46. The Kier molecular flexibility index (Phi) is 3.46. The Bertz CT molecular complexity index is 425. The second-order valence-corrected chi connectivity index (χ2v) is 5.41. The maximum atomic E-state index is 5.35. The molecule has 0 saturated carbocycles. The SMILES string of the molecule is Cc1cc(CNC(C)c2ccco2)sc1C. The van der Waals surface area contributed by atoms with Gasteiger partial charge in [0.05, 0.1) is 12.3 Å². The van der Waals surface area contributed by atoms with Crippen LogP contribution >= 0.6 is 11.3 Å². The molecule has 0 aromatic carbocycles. The Balaban J connectivity index is 1.92. The summed E-state index contributed by atoms with van der Waals surface area (Å²) in [5.74, 6) is 0.991. The van der Waals surface area contributed by atoms with E-state index >= 15 is 0 Å². The van der Waals surface area contributed by atoms with Gasteiger partial charge in [-0.05, 0) is 44.5 Å². The number of rotatable bonds is 4. The molecular weight excluding hydrogens is 218 g/mol. The third-order valence-corrected chi connectivity index (χ3v) is 3.92. The van der Waals surface area contributed by atoms with Crippen LogP contribution in [0, 0.1) is 13.8 Å². The molecule has 3 heteroatoms. The average molecular weight is 235 g/mol. The van der Waals surface area contributed by atoms with Crippen LogP contribution in [0.5, 0.6) is 0 Å². The van der Waals surface area contributed by atoms with Gasteiger partial charge in [0.15, 0.2) is 0 Å². The summed E-state index contributed by atoms with van der Waals surface area (Å²) in [6, 6.07) is 6.44. The molecule has 0 fully saturated rings. The van der Waals surface area contributed by atoms with Crippen molar-refractivity contribution in [3.05, 3.63) is 45.5 Å². The molecule has 2 rings (SSSR count). The van der Waals surface area contributed by atoms with E-state index in [1.807, 2.05) is 23.5 Å². The van der Waals surface area contributed by atoms with Gasteiger partial charge in [0.2, 0.25) is 0 Å². The van der Waals surface area contributed by atoms with Crippen LogP contribution in [0.3, 0.4) is 0 Å². The minimum Gasteiger partial charge on any atom is -0.468 e. The van der Waals surface area contributed by atoms with Crippen LogP contribution in [0.2, 0.25) is 0 Å². The van der Waals surface area contributed by atoms with Crippen LogP contribution in [0.25, 0.3) is 0 Å². The van der Waals surface area contributed by atoms with Crippen LogP contribution in [-0.2, 0) is 6.54 Å². The molecule has 86 valence electrons. The molecule has 0 saturated heterocycles. The normalized spacial score (nSPS) is 12.9. The van der Waals surface area contributed by atoms with Gasteiger partial charge in [-0.1, -0.05) is 0 Å². The highest BCUT2D eigenvalue weighted by atomic mass is 32.1. The summed E-state index contributed by atoms with van der Waals surface area (Å²) in [6.07, 6.45) is 1.72. The minimum atomic E-state index is 0.262. The fraction of sp³-hybridized carbons (Fsp3) is 0.385. The van der Waals surface area contributed by atoms with Gasteiger partial charge >= 0.3 is 0 Å². The van der Waals surface area contributed by atoms with E-state index in [4.69, 9.17) is 4.42 Å². The molecule has 0 radical (unpaired) electrons. The van der Waals surface area contributed by atoms with Gasteiger partial charge < -0.3 is 9.73 Å². The molecule has 2 heterocycles. The molecule has 2 aromatic rings. The predicted molar refractivity (Wildman–Crippen MR) is 67.8 cm³/mol. The Morgan fingerprint density at radius 1 is 1.44 bits per heavy atom. The van der Waals surface area contributed by atoms with Crippen molar-refractivity contribution in [3.8, 4) is 0 Å². The van der Waals surface area contributed by atoms with Crippen molar-refractivity contribution < 1.29 is 4.42 Å². The zero-order chi connectivity index (χ0) is 11.5. The summed E-state index contributed by atoms with van der Waals surface area (Å²) >= 11 is 1.86. The molecule has 16 heavy (non-hydrogen) atoms. The van der Waals surface area contributed by atoms with Gasteiger partial charge in [0, 0.05) is 16.3 Å². The van der Waals surface area contributed by atoms with E-state index in [1.54, 1.807) is 6.26 Å². The van der Waals surface area contributed by atoms with Gasteiger partial charge in [-0.3, -0.25) is 0 Å². The van der Waals surface area contributed by atoms with Crippen LogP contribution in [0.1, 0.15) is 34.0 Å². The average Bonchev–Trinajstić information content (AvgIpc) is 2.86. The molecule has 0 bridgehead atoms. The van der Waals surface area contributed by atoms with E-state index in [-0.39, 0.29) is 6.04 Å². The van der Waals surface area contributed by atoms with Crippen LogP contribution < -0.4 is 5.32 Å². The quantitative estimate of drug-likeness (QED) is 0.871. The first-order chi connectivity index (χ1) is 7.66. The Morgan fingerprint density at radius 2 is 2.25 bits per heavy atom. The van der Waals surface area contributed by atoms with Crippen molar-refractivity contribution in [2.45, 2.75) is 33.4 Å². The molecule has 0 aliphatic rings. The zero-order valence-electron chi connectivity index (χ0n) is 9.91. The summed E-state index contributed by atoms with van der Waals surface area (Å²) in [5.41, 5.74) is 1.38. The lowest BCUT2D eigenvalue weighted by atomic mass is 10.2. The first-order valence-electron chi connectivity index (χ1n) is 5.49. The molecule has 0 aliphatic heterocycles. The molecule has 2 aromatic heterocycles. The molecule has 0 aliphatic carbocycles. The fourth-order valence-corrected chi connectivity index (χ4v) is 2.63. The second kappa shape index (κ2) is 4.85. The van der Waals surface area contributed by atoms with Gasteiger partial charge in [-0.15, -0.1) is 11.3 Å². The maximum Gasteiger partial charge on any atom is 0.120 e. The molecule has 0 amide bonds. The third-order valence-electron chi connectivity index (χ3n) is 2.77. The fourth-order valence-electron chi connectivity index (χ4n) is 1.63. The molecule has 1 atom stereocenters. The van der Waals surface area contributed by atoms with Crippen molar-refractivity contribution in [1.82, 2.24) is 5.32 Å². The van der Waals surface area contributed by atoms with Crippen molar-refractivity contribution in [3.63, 3.8) is 0 Å². The van der Waals surface area contributed by atoms with Crippen molar-refractivity contribution in [2.24, 2.45) is 0 Å². The highest BCUT2D eigenvalue weighted by Crippen LogP contribution is 2.21. The van der Waals surface area contributed by atoms with Crippen molar-refractivity contribution in [2.75, 3.05) is 0 Å². The lowest BCUT2D eigenvalue weighted by Crippen LogP contribution is -2.16.